The van der Waals surface area contributed by atoms with Crippen LogP contribution in [0.4, 0.5) is 0 Å². The summed E-state index contributed by atoms with van der Waals surface area (Å²) in [5.74, 6) is 0.330. The summed E-state index contributed by atoms with van der Waals surface area (Å²) in [7, 11) is 0. The lowest BCUT2D eigenvalue weighted by molar-refractivity contribution is -0.120. The molecule has 0 saturated carbocycles. The maximum absolute atomic E-state index is 10.1. The van der Waals surface area contributed by atoms with Crippen LogP contribution in [0.3, 0.4) is 0 Å². The second-order valence-electron chi connectivity index (χ2n) is 3.06. The number of rotatable bonds is 2. The quantitative estimate of drug-likeness (QED) is 0.675. The first kappa shape index (κ1) is 8.69. The van der Waals surface area contributed by atoms with Gasteiger partial charge < -0.3 is 4.74 Å². The lowest BCUT2D eigenvalue weighted by Crippen LogP contribution is -1.91. The fourth-order valence-corrected chi connectivity index (χ4v) is 1.34. The molecule has 0 aliphatic carbocycles. The molecule has 1 aromatic heterocycles. The van der Waals surface area contributed by atoms with E-state index in [9.17, 15) is 4.79 Å². The van der Waals surface area contributed by atoms with E-state index in [4.69, 9.17) is 0 Å². The van der Waals surface area contributed by atoms with E-state index in [2.05, 4.69) is 9.72 Å². The Hall–Kier alpha value is -1.90. The highest BCUT2D eigenvalue weighted by Crippen LogP contribution is 2.17. The third-order valence-electron chi connectivity index (χ3n) is 1.99. The molecule has 2 rings (SSSR count). The van der Waals surface area contributed by atoms with E-state index < -0.39 is 0 Å². The summed E-state index contributed by atoms with van der Waals surface area (Å²) in [5.41, 5.74) is 2.01. The SMILES string of the molecule is Cc1ccc2nc(OC=O)ccc2c1. The largest absolute Gasteiger partial charge is 0.410 e. The van der Waals surface area contributed by atoms with Gasteiger partial charge in [0.2, 0.25) is 5.88 Å². The van der Waals surface area contributed by atoms with Crippen molar-refractivity contribution >= 4 is 17.4 Å². The van der Waals surface area contributed by atoms with Gasteiger partial charge >= 0.3 is 0 Å². The maximum atomic E-state index is 10.1. The molecule has 0 spiro atoms. The molecule has 0 amide bonds. The first-order valence-electron chi connectivity index (χ1n) is 4.27. The van der Waals surface area contributed by atoms with Crippen LogP contribution >= 0.6 is 0 Å². The van der Waals surface area contributed by atoms with Crippen molar-refractivity contribution in [1.29, 1.82) is 0 Å². The van der Waals surface area contributed by atoms with E-state index in [-0.39, 0.29) is 0 Å². The number of aryl methyl sites for hydroxylation is 1. The second-order valence-corrected chi connectivity index (χ2v) is 3.06. The first-order chi connectivity index (χ1) is 6.79. The Bertz CT molecular complexity index is 480. The summed E-state index contributed by atoms with van der Waals surface area (Å²) in [6.45, 7) is 2.40. The van der Waals surface area contributed by atoms with Gasteiger partial charge in [-0.3, -0.25) is 4.79 Å². The highest BCUT2D eigenvalue weighted by atomic mass is 16.5. The predicted molar refractivity (Wildman–Crippen MR) is 53.2 cm³/mol. The molecular weight excluding hydrogens is 178 g/mol. The molecule has 0 aliphatic rings. The number of nitrogens with zero attached hydrogens (tertiary/aromatic N) is 1. The summed E-state index contributed by atoms with van der Waals surface area (Å²) in [5, 5.41) is 1.04. The van der Waals surface area contributed by atoms with Crippen molar-refractivity contribution in [2.45, 2.75) is 6.92 Å². The van der Waals surface area contributed by atoms with Gasteiger partial charge in [0, 0.05) is 11.5 Å². The van der Waals surface area contributed by atoms with E-state index in [0.29, 0.717) is 12.4 Å². The van der Waals surface area contributed by atoms with Crippen molar-refractivity contribution in [1.82, 2.24) is 4.98 Å². The summed E-state index contributed by atoms with van der Waals surface area (Å²) in [4.78, 5) is 14.3. The molecule has 3 heteroatoms. The minimum Gasteiger partial charge on any atom is -0.410 e. The van der Waals surface area contributed by atoms with Crippen LogP contribution in [0.15, 0.2) is 30.3 Å². The number of carbonyl (C=O) groups is 1. The molecule has 0 saturated heterocycles. The van der Waals surface area contributed by atoms with Gasteiger partial charge in [0.15, 0.2) is 0 Å². The van der Waals surface area contributed by atoms with E-state index in [1.807, 2.05) is 31.2 Å². The minimum atomic E-state index is 0.330. The number of hydrogen-bond acceptors (Lipinski definition) is 3. The lowest BCUT2D eigenvalue weighted by Gasteiger charge is -2.00. The standard InChI is InChI=1S/C11H9NO2/c1-8-2-4-10-9(6-8)3-5-11(12-10)14-7-13/h2-7H,1H3. The number of ether oxygens (including phenoxy) is 1. The highest BCUT2D eigenvalue weighted by molar-refractivity contribution is 5.79. The van der Waals surface area contributed by atoms with E-state index in [1.54, 1.807) is 6.07 Å². The van der Waals surface area contributed by atoms with E-state index >= 15 is 0 Å². The van der Waals surface area contributed by atoms with E-state index in [1.165, 1.54) is 5.56 Å². The number of carbonyl (C=O) groups excluding carboxylic acids is 1. The Morgan fingerprint density at radius 3 is 2.93 bits per heavy atom. The molecule has 1 aromatic carbocycles. The van der Waals surface area contributed by atoms with Crippen molar-refractivity contribution < 1.29 is 9.53 Å². The molecule has 1 heterocycles. The fourth-order valence-electron chi connectivity index (χ4n) is 1.34. The van der Waals surface area contributed by atoms with Gasteiger partial charge in [-0.15, -0.1) is 0 Å². The molecule has 0 fully saturated rings. The smallest absolute Gasteiger partial charge is 0.299 e. The van der Waals surface area contributed by atoms with Gasteiger partial charge in [-0.1, -0.05) is 11.6 Å². The maximum Gasteiger partial charge on any atom is 0.299 e. The number of aromatic nitrogens is 1. The molecule has 0 bridgehead atoms. The zero-order valence-electron chi connectivity index (χ0n) is 7.73. The first-order valence-corrected chi connectivity index (χ1v) is 4.27. The predicted octanol–water partition coefficient (Wildman–Crippen LogP) is 2.08. The third-order valence-corrected chi connectivity index (χ3v) is 1.99. The fraction of sp³-hybridized carbons (Fsp3) is 0.0909. The summed E-state index contributed by atoms with van der Waals surface area (Å²) in [6, 6.07) is 9.47. The van der Waals surface area contributed by atoms with Crippen molar-refractivity contribution in [2.75, 3.05) is 0 Å². The second kappa shape index (κ2) is 3.46. The Kier molecular flexibility index (Phi) is 2.14. The monoisotopic (exact) mass is 187 g/mol. The molecular formula is C11H9NO2. The van der Waals surface area contributed by atoms with Crippen LogP contribution in [-0.4, -0.2) is 11.5 Å². The normalized spacial score (nSPS) is 10.1. The molecule has 3 nitrogen and oxygen atoms in total. The molecule has 70 valence electrons. The van der Waals surface area contributed by atoms with Crippen LogP contribution in [0.1, 0.15) is 5.56 Å². The Morgan fingerprint density at radius 2 is 2.14 bits per heavy atom. The molecule has 14 heavy (non-hydrogen) atoms. The molecule has 0 aliphatic heterocycles. The Balaban J connectivity index is 2.55. The van der Waals surface area contributed by atoms with Crippen LogP contribution in [0, 0.1) is 6.92 Å². The third kappa shape index (κ3) is 1.57. The molecule has 0 atom stereocenters. The van der Waals surface area contributed by atoms with Crippen LogP contribution in [0.5, 0.6) is 5.88 Å². The molecule has 2 aromatic rings. The van der Waals surface area contributed by atoms with Gasteiger partial charge in [-0.25, -0.2) is 4.98 Å². The van der Waals surface area contributed by atoms with Crippen LogP contribution in [-0.2, 0) is 4.79 Å². The summed E-state index contributed by atoms with van der Waals surface area (Å²) in [6.07, 6.45) is 0. The van der Waals surface area contributed by atoms with Crippen molar-refractivity contribution in [3.63, 3.8) is 0 Å². The van der Waals surface area contributed by atoms with Crippen LogP contribution in [0.25, 0.3) is 10.9 Å². The van der Waals surface area contributed by atoms with Crippen molar-refractivity contribution in [3.05, 3.63) is 35.9 Å². The van der Waals surface area contributed by atoms with Gasteiger partial charge in [0.1, 0.15) is 0 Å². The number of benzene rings is 1. The van der Waals surface area contributed by atoms with Gasteiger partial charge in [-0.05, 0) is 25.1 Å². The van der Waals surface area contributed by atoms with Crippen LogP contribution < -0.4 is 4.74 Å². The minimum absolute atomic E-state index is 0.330. The van der Waals surface area contributed by atoms with Gasteiger partial charge in [-0.2, -0.15) is 0 Å². The van der Waals surface area contributed by atoms with Crippen molar-refractivity contribution in [2.24, 2.45) is 0 Å². The Labute approximate surface area is 81.3 Å². The molecule has 0 N–H and O–H groups in total. The topological polar surface area (TPSA) is 39.2 Å². The molecule has 0 radical (unpaired) electrons. The van der Waals surface area contributed by atoms with Crippen LogP contribution in [0.2, 0.25) is 0 Å². The van der Waals surface area contributed by atoms with Crippen molar-refractivity contribution in [3.8, 4) is 5.88 Å². The number of fused-ring (bicyclic) bond motifs is 1. The zero-order valence-corrected chi connectivity index (χ0v) is 7.73. The number of pyridine rings is 1. The van der Waals surface area contributed by atoms with Gasteiger partial charge in [0.25, 0.3) is 6.47 Å². The average Bonchev–Trinajstić information content (AvgIpc) is 2.19. The lowest BCUT2D eigenvalue weighted by atomic mass is 10.1. The Morgan fingerprint density at radius 1 is 1.29 bits per heavy atom. The number of hydrogen-bond donors (Lipinski definition) is 0. The van der Waals surface area contributed by atoms with E-state index in [0.717, 1.165) is 10.9 Å². The summed E-state index contributed by atoms with van der Waals surface area (Å²) >= 11 is 0. The van der Waals surface area contributed by atoms with Gasteiger partial charge in [0.05, 0.1) is 5.52 Å². The average molecular weight is 187 g/mol. The summed E-state index contributed by atoms with van der Waals surface area (Å²) < 4.78 is 4.65. The zero-order chi connectivity index (χ0) is 9.97. The molecule has 0 unspecified atom stereocenters. The highest BCUT2D eigenvalue weighted by Gasteiger charge is 1.98.